The largest absolute Gasteiger partial charge is 0.274 e. The number of imide groups is 1. The highest BCUT2D eigenvalue weighted by Gasteiger charge is 2.53. The number of amides is 2. The number of carbonyl (C=O) groups excluding carboxylic acids is 2. The second-order valence-corrected chi connectivity index (χ2v) is 8.34. The Labute approximate surface area is 131 Å². The monoisotopic (exact) mass is 407 g/mol. The molecule has 5 nitrogen and oxygen atoms in total. The molecule has 0 bridgehead atoms. The first kappa shape index (κ1) is 13.6. The lowest BCUT2D eigenvalue weighted by molar-refractivity contribution is -0.122. The highest BCUT2D eigenvalue weighted by molar-refractivity contribution is 9.12. The fourth-order valence-corrected chi connectivity index (χ4v) is 4.60. The van der Waals surface area contributed by atoms with E-state index >= 15 is 0 Å². The van der Waals surface area contributed by atoms with Crippen LogP contribution in [0, 0.1) is 18.8 Å². The summed E-state index contributed by atoms with van der Waals surface area (Å²) < 4.78 is 0. The summed E-state index contributed by atoms with van der Waals surface area (Å²) in [6, 6.07) is 0. The van der Waals surface area contributed by atoms with Gasteiger partial charge in [-0.05, 0) is 19.8 Å². The number of hydrogen-bond acceptors (Lipinski definition) is 5. The van der Waals surface area contributed by atoms with E-state index < -0.39 is 0 Å². The van der Waals surface area contributed by atoms with E-state index in [0.29, 0.717) is 18.0 Å². The number of fused-ring (bicyclic) bond motifs is 1. The molecule has 0 radical (unpaired) electrons. The summed E-state index contributed by atoms with van der Waals surface area (Å²) in [6.07, 6.45) is 1.36. The molecule has 0 aromatic carbocycles. The third kappa shape index (κ3) is 2.17. The number of rotatable bonds is 1. The predicted molar refractivity (Wildman–Crippen MR) is 78.8 cm³/mol. The number of carbonyl (C=O) groups is 2. The third-order valence-corrected chi connectivity index (χ3v) is 7.18. The highest BCUT2D eigenvalue weighted by atomic mass is 79.9. The van der Waals surface area contributed by atoms with Crippen LogP contribution in [0.2, 0.25) is 0 Å². The van der Waals surface area contributed by atoms with Crippen LogP contribution in [0.4, 0.5) is 5.13 Å². The smallest absolute Gasteiger partial charge is 0.239 e. The van der Waals surface area contributed by atoms with Crippen molar-refractivity contribution in [3.8, 4) is 0 Å². The van der Waals surface area contributed by atoms with Gasteiger partial charge in [-0.3, -0.25) is 9.59 Å². The van der Waals surface area contributed by atoms with Gasteiger partial charge in [-0.15, -0.1) is 10.2 Å². The fraction of sp³-hybridized carbons (Fsp3) is 0.636. The van der Waals surface area contributed by atoms with Crippen molar-refractivity contribution in [3.63, 3.8) is 0 Å². The SMILES string of the molecule is Cc1nnc(N2C(=O)[C@H]3C[C@H](Br)[C@@H](Br)C[C@H]3C2=O)s1. The van der Waals surface area contributed by atoms with Gasteiger partial charge in [0.2, 0.25) is 16.9 Å². The number of nitrogens with zero attached hydrogens (tertiary/aromatic N) is 3. The van der Waals surface area contributed by atoms with E-state index in [0.717, 1.165) is 5.01 Å². The summed E-state index contributed by atoms with van der Waals surface area (Å²) in [5, 5.41) is 8.96. The van der Waals surface area contributed by atoms with Crippen LogP contribution in [0.15, 0.2) is 0 Å². The minimum atomic E-state index is -0.227. The van der Waals surface area contributed by atoms with E-state index in [1.54, 1.807) is 0 Å². The van der Waals surface area contributed by atoms with Gasteiger partial charge >= 0.3 is 0 Å². The van der Waals surface area contributed by atoms with Crippen LogP contribution in [0.5, 0.6) is 0 Å². The molecule has 2 fully saturated rings. The molecule has 19 heavy (non-hydrogen) atoms. The van der Waals surface area contributed by atoms with Crippen LogP contribution < -0.4 is 4.90 Å². The maximum Gasteiger partial charge on any atom is 0.239 e. The number of aromatic nitrogens is 2. The molecule has 3 rings (SSSR count). The normalized spacial score (nSPS) is 34.8. The van der Waals surface area contributed by atoms with Crippen molar-refractivity contribution >= 4 is 60.1 Å². The first-order valence-corrected chi connectivity index (χ1v) is 8.60. The zero-order valence-corrected chi connectivity index (χ0v) is 14.0. The Bertz CT molecular complexity index is 522. The molecule has 4 atom stereocenters. The van der Waals surface area contributed by atoms with Crippen molar-refractivity contribution in [2.75, 3.05) is 4.90 Å². The zero-order valence-electron chi connectivity index (χ0n) is 10.0. The molecule has 2 heterocycles. The van der Waals surface area contributed by atoms with Crippen LogP contribution >= 0.6 is 43.2 Å². The maximum absolute atomic E-state index is 12.4. The molecule has 1 saturated carbocycles. The highest BCUT2D eigenvalue weighted by Crippen LogP contribution is 2.44. The average molecular weight is 409 g/mol. The zero-order chi connectivity index (χ0) is 13.7. The lowest BCUT2D eigenvalue weighted by Crippen LogP contribution is -2.34. The van der Waals surface area contributed by atoms with Gasteiger partial charge in [-0.2, -0.15) is 0 Å². The van der Waals surface area contributed by atoms with E-state index in [1.807, 2.05) is 6.92 Å². The molecule has 1 saturated heterocycles. The number of anilines is 1. The summed E-state index contributed by atoms with van der Waals surface area (Å²) in [5.74, 6) is -0.713. The van der Waals surface area contributed by atoms with Gasteiger partial charge in [0.1, 0.15) is 5.01 Å². The molecule has 1 aromatic heterocycles. The van der Waals surface area contributed by atoms with Gasteiger partial charge in [-0.25, -0.2) is 4.90 Å². The van der Waals surface area contributed by atoms with Crippen LogP contribution in [0.3, 0.4) is 0 Å². The van der Waals surface area contributed by atoms with Crippen LogP contribution in [-0.4, -0.2) is 31.7 Å². The first-order chi connectivity index (χ1) is 8.99. The molecular formula is C11H11Br2N3O2S. The van der Waals surface area contributed by atoms with Gasteiger partial charge in [0.15, 0.2) is 0 Å². The predicted octanol–water partition coefficient (Wildman–Crippen LogP) is 2.27. The summed E-state index contributed by atoms with van der Waals surface area (Å²) in [5.41, 5.74) is 0. The second-order valence-electron chi connectivity index (χ2n) is 4.83. The second kappa shape index (κ2) is 4.89. The minimum absolute atomic E-state index is 0.130. The molecule has 2 amide bonds. The van der Waals surface area contributed by atoms with Crippen molar-refractivity contribution in [1.82, 2.24) is 10.2 Å². The van der Waals surface area contributed by atoms with E-state index in [-0.39, 0.29) is 33.3 Å². The number of hydrogen-bond donors (Lipinski definition) is 0. The van der Waals surface area contributed by atoms with Crippen LogP contribution in [0.25, 0.3) is 0 Å². The van der Waals surface area contributed by atoms with Crippen LogP contribution in [-0.2, 0) is 9.59 Å². The fourth-order valence-electron chi connectivity index (χ4n) is 2.66. The van der Waals surface area contributed by atoms with Gasteiger partial charge < -0.3 is 0 Å². The summed E-state index contributed by atoms with van der Waals surface area (Å²) in [4.78, 5) is 26.5. The Morgan fingerprint density at radius 1 is 1.11 bits per heavy atom. The standard InChI is InChI=1S/C11H11Br2N3O2S/c1-4-14-15-11(19-4)16-9(17)5-2-7(12)8(13)3-6(5)10(16)18/h5-8H,2-3H2,1H3/t5-,6+,7-,8-/m0/s1. The minimum Gasteiger partial charge on any atom is -0.274 e. The summed E-state index contributed by atoms with van der Waals surface area (Å²) in [6.45, 7) is 1.81. The summed E-state index contributed by atoms with van der Waals surface area (Å²) >= 11 is 8.41. The molecule has 1 aromatic rings. The molecule has 1 aliphatic heterocycles. The molecule has 2 aliphatic rings. The number of aryl methyl sites for hydroxylation is 1. The Kier molecular flexibility index (Phi) is 3.51. The lowest BCUT2D eigenvalue weighted by atomic mass is 9.81. The molecule has 0 N–H and O–H groups in total. The molecule has 0 unspecified atom stereocenters. The maximum atomic E-state index is 12.4. The Morgan fingerprint density at radius 3 is 2.05 bits per heavy atom. The van der Waals surface area contributed by atoms with Gasteiger partial charge in [0.25, 0.3) is 0 Å². The van der Waals surface area contributed by atoms with Crippen molar-refractivity contribution in [3.05, 3.63) is 5.01 Å². The first-order valence-electron chi connectivity index (χ1n) is 5.95. The Balaban J connectivity index is 1.93. The summed E-state index contributed by atoms with van der Waals surface area (Å²) in [7, 11) is 0. The van der Waals surface area contributed by atoms with Crippen molar-refractivity contribution in [1.29, 1.82) is 0 Å². The van der Waals surface area contributed by atoms with Crippen molar-refractivity contribution in [2.45, 2.75) is 29.4 Å². The van der Waals surface area contributed by atoms with Crippen molar-refractivity contribution in [2.24, 2.45) is 11.8 Å². The van der Waals surface area contributed by atoms with Gasteiger partial charge in [-0.1, -0.05) is 43.2 Å². The number of alkyl halides is 2. The Hall–Kier alpha value is -0.340. The van der Waals surface area contributed by atoms with E-state index in [1.165, 1.54) is 16.2 Å². The van der Waals surface area contributed by atoms with E-state index in [9.17, 15) is 9.59 Å². The van der Waals surface area contributed by atoms with Gasteiger partial charge in [0.05, 0.1) is 11.8 Å². The molecular weight excluding hydrogens is 398 g/mol. The topological polar surface area (TPSA) is 63.2 Å². The average Bonchev–Trinajstić information content (AvgIpc) is 2.86. The van der Waals surface area contributed by atoms with Crippen LogP contribution in [0.1, 0.15) is 17.8 Å². The Morgan fingerprint density at radius 2 is 1.63 bits per heavy atom. The molecule has 1 aliphatic carbocycles. The molecule has 8 heteroatoms. The van der Waals surface area contributed by atoms with Crippen molar-refractivity contribution < 1.29 is 9.59 Å². The third-order valence-electron chi connectivity index (χ3n) is 3.62. The lowest BCUT2D eigenvalue weighted by Gasteiger charge is -2.29. The quantitative estimate of drug-likeness (QED) is 0.528. The van der Waals surface area contributed by atoms with Gasteiger partial charge in [0, 0.05) is 9.65 Å². The van der Waals surface area contributed by atoms with E-state index in [2.05, 4.69) is 42.1 Å². The molecule has 0 spiro atoms. The molecule has 102 valence electrons. The van der Waals surface area contributed by atoms with E-state index in [4.69, 9.17) is 0 Å². The number of halogens is 2.